The van der Waals surface area contributed by atoms with Gasteiger partial charge in [-0.05, 0) is 31.2 Å². The number of ether oxygens (including phenoxy) is 3. The first-order chi connectivity index (χ1) is 16.8. The second-order valence-corrected chi connectivity index (χ2v) is 10.8. The quantitative estimate of drug-likeness (QED) is 0.255. The average molecular weight is 512 g/mol. The largest absolute Gasteiger partial charge is 0.493 e. The van der Waals surface area contributed by atoms with Gasteiger partial charge in [-0.3, -0.25) is 18.4 Å². The van der Waals surface area contributed by atoms with Crippen LogP contribution < -0.4 is 14.4 Å². The first-order valence-electron chi connectivity index (χ1n) is 11.6. The lowest BCUT2D eigenvalue weighted by atomic mass is 9.94. The standard InChI is InChI=1S/C23H34N3O8P/c1-16(2)23(28)32-15-34-35(29,33-14-27)10-7-17-5-8-26(9-6-17)22-18-11-20(30-3)21(31-4)12-19(18)24-13-25-22/h11-13,16-17,27H,5-10,14-15H2,1-4H3. The fourth-order valence-electron chi connectivity index (χ4n) is 3.98. The highest BCUT2D eigenvalue weighted by Crippen LogP contribution is 2.49. The molecule has 2 aromatic rings. The van der Waals surface area contributed by atoms with E-state index in [1.165, 1.54) is 0 Å². The zero-order valence-electron chi connectivity index (χ0n) is 20.6. The highest BCUT2D eigenvalue weighted by atomic mass is 31.2. The number of esters is 1. The number of benzene rings is 1. The first-order valence-corrected chi connectivity index (χ1v) is 13.3. The molecule has 3 rings (SSSR count). The predicted octanol–water partition coefficient (Wildman–Crippen LogP) is 3.59. The summed E-state index contributed by atoms with van der Waals surface area (Å²) < 4.78 is 38.9. The summed E-state index contributed by atoms with van der Waals surface area (Å²) in [5, 5.41) is 10.0. The Labute approximate surface area is 205 Å². The number of aliphatic hydroxyl groups is 1. The Morgan fingerprint density at radius 3 is 2.46 bits per heavy atom. The van der Waals surface area contributed by atoms with Crippen LogP contribution in [-0.2, 0) is 23.1 Å². The van der Waals surface area contributed by atoms with Crippen molar-refractivity contribution < 1.29 is 37.7 Å². The van der Waals surface area contributed by atoms with Crippen molar-refractivity contribution in [3.63, 3.8) is 0 Å². The number of nitrogens with zero attached hydrogens (tertiary/aromatic N) is 3. The Morgan fingerprint density at radius 1 is 1.14 bits per heavy atom. The monoisotopic (exact) mass is 511 g/mol. The second kappa shape index (κ2) is 12.5. The molecule has 12 heteroatoms. The van der Waals surface area contributed by atoms with E-state index in [9.17, 15) is 9.36 Å². The van der Waals surface area contributed by atoms with Gasteiger partial charge in [-0.1, -0.05) is 13.8 Å². The highest BCUT2D eigenvalue weighted by Gasteiger charge is 2.29. The molecule has 0 aliphatic carbocycles. The molecule has 1 N–H and O–H groups in total. The minimum absolute atomic E-state index is 0.130. The van der Waals surface area contributed by atoms with Gasteiger partial charge in [-0.15, -0.1) is 0 Å². The van der Waals surface area contributed by atoms with Gasteiger partial charge < -0.3 is 24.2 Å². The van der Waals surface area contributed by atoms with Crippen LogP contribution in [0.1, 0.15) is 33.1 Å². The number of rotatable bonds is 12. The number of carbonyl (C=O) groups excluding carboxylic acids is 1. The molecule has 35 heavy (non-hydrogen) atoms. The van der Waals surface area contributed by atoms with Gasteiger partial charge in [0.05, 0.1) is 31.8 Å². The number of methoxy groups -OCH3 is 2. The molecular weight excluding hydrogens is 477 g/mol. The van der Waals surface area contributed by atoms with Gasteiger partial charge in [0.25, 0.3) is 0 Å². The van der Waals surface area contributed by atoms with E-state index in [1.807, 2.05) is 12.1 Å². The van der Waals surface area contributed by atoms with Crippen molar-refractivity contribution in [2.75, 3.05) is 52.0 Å². The lowest BCUT2D eigenvalue weighted by Gasteiger charge is -2.33. The van der Waals surface area contributed by atoms with E-state index in [2.05, 4.69) is 14.9 Å². The van der Waals surface area contributed by atoms with E-state index < -0.39 is 27.2 Å². The molecule has 0 bridgehead atoms. The van der Waals surface area contributed by atoms with Crippen molar-refractivity contribution in [1.29, 1.82) is 0 Å². The van der Waals surface area contributed by atoms with Gasteiger partial charge in [0.2, 0.25) is 6.79 Å². The molecule has 0 spiro atoms. The Kier molecular flexibility index (Phi) is 9.68. The van der Waals surface area contributed by atoms with E-state index >= 15 is 0 Å². The minimum atomic E-state index is -3.58. The van der Waals surface area contributed by atoms with E-state index in [0.717, 1.165) is 42.7 Å². The van der Waals surface area contributed by atoms with Crippen molar-refractivity contribution in [2.24, 2.45) is 11.8 Å². The summed E-state index contributed by atoms with van der Waals surface area (Å²) in [5.41, 5.74) is 0.771. The van der Waals surface area contributed by atoms with Gasteiger partial charge in [0.15, 0.2) is 18.3 Å². The molecule has 1 aliphatic rings. The van der Waals surface area contributed by atoms with E-state index in [-0.39, 0.29) is 12.1 Å². The number of fused-ring (bicyclic) bond motifs is 1. The molecule has 0 amide bonds. The van der Waals surface area contributed by atoms with Crippen molar-refractivity contribution in [3.8, 4) is 11.5 Å². The van der Waals surface area contributed by atoms with Crippen LogP contribution in [0.2, 0.25) is 0 Å². The smallest absolute Gasteiger partial charge is 0.335 e. The Hall–Kier alpha value is -2.46. The maximum absolute atomic E-state index is 12.9. The third-order valence-electron chi connectivity index (χ3n) is 6.02. The fraction of sp³-hybridized carbons (Fsp3) is 0.609. The van der Waals surface area contributed by atoms with Crippen molar-refractivity contribution in [1.82, 2.24) is 9.97 Å². The van der Waals surface area contributed by atoms with Gasteiger partial charge >= 0.3 is 13.6 Å². The van der Waals surface area contributed by atoms with Gasteiger partial charge in [0.1, 0.15) is 12.1 Å². The van der Waals surface area contributed by atoms with Crippen LogP contribution in [0.25, 0.3) is 10.9 Å². The van der Waals surface area contributed by atoms with Crippen LogP contribution in [-0.4, -0.2) is 68.1 Å². The molecule has 0 radical (unpaired) electrons. The Bertz CT molecular complexity index is 1040. The maximum Gasteiger partial charge on any atom is 0.335 e. The minimum Gasteiger partial charge on any atom is -0.493 e. The Balaban J connectivity index is 1.59. The van der Waals surface area contributed by atoms with Crippen LogP contribution >= 0.6 is 7.60 Å². The molecule has 1 atom stereocenters. The van der Waals surface area contributed by atoms with E-state index in [0.29, 0.717) is 23.8 Å². The van der Waals surface area contributed by atoms with Crippen LogP contribution in [0.4, 0.5) is 5.82 Å². The summed E-state index contributed by atoms with van der Waals surface area (Å²) in [5.74, 6) is 1.58. The number of aromatic nitrogens is 2. The molecule has 1 aliphatic heterocycles. The van der Waals surface area contributed by atoms with Gasteiger partial charge in [-0.25, -0.2) is 9.97 Å². The van der Waals surface area contributed by atoms with Crippen LogP contribution in [0.5, 0.6) is 11.5 Å². The summed E-state index contributed by atoms with van der Waals surface area (Å²) in [6.07, 6.45) is 3.99. The topological polar surface area (TPSA) is 130 Å². The van der Waals surface area contributed by atoms with Gasteiger partial charge in [-0.2, -0.15) is 0 Å². The van der Waals surface area contributed by atoms with E-state index in [1.54, 1.807) is 34.4 Å². The molecule has 1 unspecified atom stereocenters. The summed E-state index contributed by atoms with van der Waals surface area (Å²) >= 11 is 0. The average Bonchev–Trinajstić information content (AvgIpc) is 2.86. The normalized spacial score (nSPS) is 16.3. The number of aliphatic hydroxyl groups excluding tert-OH is 1. The summed E-state index contributed by atoms with van der Waals surface area (Å²) in [7, 11) is -0.402. The summed E-state index contributed by atoms with van der Waals surface area (Å²) in [6, 6.07) is 3.73. The summed E-state index contributed by atoms with van der Waals surface area (Å²) in [4.78, 5) is 22.7. The lowest BCUT2D eigenvalue weighted by Crippen LogP contribution is -2.34. The maximum atomic E-state index is 12.9. The molecule has 0 saturated carbocycles. The molecule has 1 aromatic carbocycles. The second-order valence-electron chi connectivity index (χ2n) is 8.60. The molecule has 1 saturated heterocycles. The predicted molar refractivity (Wildman–Crippen MR) is 130 cm³/mol. The lowest BCUT2D eigenvalue weighted by molar-refractivity contribution is -0.154. The fourth-order valence-corrected chi connectivity index (χ4v) is 5.38. The number of carbonyl (C=O) groups is 1. The SMILES string of the molecule is COc1cc2ncnc(N3CCC(CCP(=O)(OCO)OCOC(=O)C(C)C)CC3)c2cc1OC. The van der Waals surface area contributed by atoms with Crippen molar-refractivity contribution in [2.45, 2.75) is 33.1 Å². The Morgan fingerprint density at radius 2 is 1.83 bits per heavy atom. The van der Waals surface area contributed by atoms with E-state index in [4.69, 9.17) is 28.4 Å². The van der Waals surface area contributed by atoms with Crippen molar-refractivity contribution in [3.05, 3.63) is 18.5 Å². The number of hydrogen-bond donors (Lipinski definition) is 1. The van der Waals surface area contributed by atoms with Gasteiger partial charge in [0, 0.05) is 24.5 Å². The molecule has 1 fully saturated rings. The van der Waals surface area contributed by atoms with Crippen LogP contribution in [0.3, 0.4) is 0 Å². The highest BCUT2D eigenvalue weighted by molar-refractivity contribution is 7.53. The number of anilines is 1. The molecular formula is C23H34N3O8P. The molecule has 194 valence electrons. The number of hydrogen-bond acceptors (Lipinski definition) is 11. The third-order valence-corrected chi connectivity index (χ3v) is 7.83. The van der Waals surface area contributed by atoms with Crippen LogP contribution in [0.15, 0.2) is 18.5 Å². The zero-order valence-corrected chi connectivity index (χ0v) is 21.5. The van der Waals surface area contributed by atoms with Crippen molar-refractivity contribution >= 4 is 30.3 Å². The third kappa shape index (κ3) is 7.04. The zero-order chi connectivity index (χ0) is 25.4. The summed E-state index contributed by atoms with van der Waals surface area (Å²) in [6.45, 7) is 3.71. The molecule has 1 aromatic heterocycles. The molecule has 2 heterocycles. The van der Waals surface area contributed by atoms with Crippen LogP contribution in [0, 0.1) is 11.8 Å². The first kappa shape index (κ1) is 27.1. The number of piperidine rings is 1. The molecule has 11 nitrogen and oxygen atoms in total.